The molecule has 0 aliphatic carbocycles. The highest BCUT2D eigenvalue weighted by Crippen LogP contribution is 2.33. The monoisotopic (exact) mass is 557 g/mol. The fourth-order valence-electron chi connectivity index (χ4n) is 2.97. The van der Waals surface area contributed by atoms with Gasteiger partial charge in [-0.1, -0.05) is 78.6 Å². The number of amides is 1. The van der Waals surface area contributed by atoms with Gasteiger partial charge in [0.1, 0.15) is 10.1 Å². The van der Waals surface area contributed by atoms with E-state index in [2.05, 4.69) is 22.6 Å². The first-order valence-corrected chi connectivity index (χ1v) is 11.7. The van der Waals surface area contributed by atoms with Crippen molar-refractivity contribution in [1.82, 2.24) is 4.90 Å². The summed E-state index contributed by atoms with van der Waals surface area (Å²) in [5.41, 5.74) is 2.38. The van der Waals surface area contributed by atoms with Crippen LogP contribution < -0.4 is 4.74 Å². The van der Waals surface area contributed by atoms with Gasteiger partial charge in [-0.2, -0.15) is 0 Å². The third-order valence-corrected chi connectivity index (χ3v) is 6.86. The molecule has 31 heavy (non-hydrogen) atoms. The molecule has 0 N–H and O–H groups in total. The number of rotatable bonds is 5. The highest BCUT2D eigenvalue weighted by atomic mass is 127. The van der Waals surface area contributed by atoms with Gasteiger partial charge >= 0.3 is 5.97 Å². The summed E-state index contributed by atoms with van der Waals surface area (Å²) in [6.07, 6.45) is 1.80. The molecule has 4 rings (SSSR count). The average Bonchev–Trinajstić information content (AvgIpc) is 3.03. The topological polar surface area (TPSA) is 46.6 Å². The van der Waals surface area contributed by atoms with Gasteiger partial charge < -0.3 is 4.74 Å². The number of carbonyl (C=O) groups is 2. The number of nitrogens with zero attached hydrogens (tertiary/aromatic N) is 1. The summed E-state index contributed by atoms with van der Waals surface area (Å²) in [6.45, 7) is 0.454. The normalized spacial score (nSPS) is 14.9. The number of benzene rings is 3. The molecule has 0 atom stereocenters. The van der Waals surface area contributed by atoms with Crippen molar-refractivity contribution >= 4 is 68.8 Å². The van der Waals surface area contributed by atoms with Crippen molar-refractivity contribution in [2.75, 3.05) is 0 Å². The van der Waals surface area contributed by atoms with E-state index in [1.54, 1.807) is 35.2 Å². The Morgan fingerprint density at radius 2 is 1.68 bits per heavy atom. The maximum absolute atomic E-state index is 12.8. The Kier molecular flexibility index (Phi) is 6.84. The first kappa shape index (κ1) is 21.7. The minimum absolute atomic E-state index is 0.104. The van der Waals surface area contributed by atoms with E-state index in [1.807, 2.05) is 54.6 Å². The van der Waals surface area contributed by atoms with Crippen LogP contribution in [0.5, 0.6) is 5.75 Å². The number of ether oxygens (including phenoxy) is 1. The number of halogens is 1. The molecular weight excluding hydrogens is 541 g/mol. The quantitative estimate of drug-likeness (QED) is 0.128. The van der Waals surface area contributed by atoms with E-state index in [9.17, 15) is 9.59 Å². The first-order chi connectivity index (χ1) is 15.0. The van der Waals surface area contributed by atoms with Crippen LogP contribution in [-0.2, 0) is 11.3 Å². The fraction of sp³-hybridized carbons (Fsp3) is 0.0417. The molecule has 3 aromatic rings. The lowest BCUT2D eigenvalue weighted by molar-refractivity contribution is -0.122. The predicted molar refractivity (Wildman–Crippen MR) is 136 cm³/mol. The molecule has 0 unspecified atom stereocenters. The van der Waals surface area contributed by atoms with Gasteiger partial charge in [0.05, 0.1) is 17.0 Å². The summed E-state index contributed by atoms with van der Waals surface area (Å²) in [7, 11) is 0. The standard InChI is InChI=1S/C24H16INO3S2/c25-20-9-5-4-8-19(20)23(28)29-18-12-10-16(11-13-18)14-21-22(27)26(24(30)31-21)15-17-6-2-1-3-7-17/h1-14H,15H2/b21-14+. The molecule has 0 saturated carbocycles. The molecule has 0 spiro atoms. The van der Waals surface area contributed by atoms with Gasteiger partial charge in [0.25, 0.3) is 5.91 Å². The minimum Gasteiger partial charge on any atom is -0.423 e. The maximum Gasteiger partial charge on any atom is 0.344 e. The molecule has 0 bridgehead atoms. The van der Waals surface area contributed by atoms with Crippen molar-refractivity contribution in [2.24, 2.45) is 0 Å². The lowest BCUT2D eigenvalue weighted by Crippen LogP contribution is -2.27. The Morgan fingerprint density at radius 3 is 2.39 bits per heavy atom. The summed E-state index contributed by atoms with van der Waals surface area (Å²) in [5.74, 6) is -0.0639. The SMILES string of the molecule is O=C(Oc1ccc(/C=C2/SC(=S)N(Cc3ccccc3)C2=O)cc1)c1ccccc1I. The number of thiocarbonyl (C=S) groups is 1. The predicted octanol–water partition coefficient (Wildman–Crippen LogP) is 5.91. The Bertz CT molecular complexity index is 1180. The molecule has 1 aliphatic rings. The number of hydrogen-bond acceptors (Lipinski definition) is 5. The van der Waals surface area contributed by atoms with Crippen molar-refractivity contribution in [3.63, 3.8) is 0 Å². The van der Waals surface area contributed by atoms with Gasteiger partial charge in [-0.05, 0) is 64.1 Å². The van der Waals surface area contributed by atoms with E-state index in [4.69, 9.17) is 17.0 Å². The molecule has 0 radical (unpaired) electrons. The smallest absolute Gasteiger partial charge is 0.344 e. The van der Waals surface area contributed by atoms with Gasteiger partial charge in [-0.3, -0.25) is 9.69 Å². The van der Waals surface area contributed by atoms with Crippen molar-refractivity contribution in [1.29, 1.82) is 0 Å². The van der Waals surface area contributed by atoms with Crippen molar-refractivity contribution < 1.29 is 14.3 Å². The largest absolute Gasteiger partial charge is 0.423 e. The molecule has 4 nitrogen and oxygen atoms in total. The van der Waals surface area contributed by atoms with Gasteiger partial charge in [0.2, 0.25) is 0 Å². The number of carbonyl (C=O) groups excluding carboxylic acids is 2. The van der Waals surface area contributed by atoms with E-state index < -0.39 is 5.97 Å². The van der Waals surface area contributed by atoms with Crippen LogP contribution in [0, 0.1) is 3.57 Å². The second kappa shape index (κ2) is 9.76. The van der Waals surface area contributed by atoms with E-state index in [1.165, 1.54) is 11.8 Å². The molecule has 1 amide bonds. The zero-order valence-electron chi connectivity index (χ0n) is 16.2. The number of esters is 1. The first-order valence-electron chi connectivity index (χ1n) is 9.37. The van der Waals surface area contributed by atoms with Crippen LogP contribution in [0.1, 0.15) is 21.5 Å². The Hall–Kier alpha value is -2.49. The van der Waals surface area contributed by atoms with Crippen molar-refractivity contribution in [3.05, 3.63) is 104 Å². The summed E-state index contributed by atoms with van der Waals surface area (Å²) >= 11 is 8.80. The van der Waals surface area contributed by atoms with E-state index >= 15 is 0 Å². The van der Waals surface area contributed by atoms with Crippen LogP contribution in [0.4, 0.5) is 0 Å². The van der Waals surface area contributed by atoms with Crippen LogP contribution in [0.25, 0.3) is 6.08 Å². The molecule has 7 heteroatoms. The van der Waals surface area contributed by atoms with Gasteiger partial charge in [-0.25, -0.2) is 4.79 Å². The van der Waals surface area contributed by atoms with Gasteiger partial charge in [-0.15, -0.1) is 0 Å². The van der Waals surface area contributed by atoms with Gasteiger partial charge in [0, 0.05) is 3.57 Å². The zero-order valence-corrected chi connectivity index (χ0v) is 19.9. The molecule has 1 heterocycles. The van der Waals surface area contributed by atoms with E-state index in [0.29, 0.717) is 27.1 Å². The molecule has 0 aromatic heterocycles. The van der Waals surface area contributed by atoms with Crippen LogP contribution in [0.3, 0.4) is 0 Å². The second-order valence-electron chi connectivity index (χ2n) is 6.69. The lowest BCUT2D eigenvalue weighted by Gasteiger charge is -2.14. The zero-order chi connectivity index (χ0) is 21.8. The summed E-state index contributed by atoms with van der Waals surface area (Å²) in [5, 5.41) is 0. The van der Waals surface area contributed by atoms with E-state index in [0.717, 1.165) is 14.7 Å². The molecule has 1 saturated heterocycles. The highest BCUT2D eigenvalue weighted by Gasteiger charge is 2.31. The Labute approximate surface area is 203 Å². The Morgan fingerprint density at radius 1 is 1.00 bits per heavy atom. The minimum atomic E-state index is -0.403. The number of hydrogen-bond donors (Lipinski definition) is 0. The van der Waals surface area contributed by atoms with Crippen molar-refractivity contribution in [2.45, 2.75) is 6.54 Å². The van der Waals surface area contributed by atoms with E-state index in [-0.39, 0.29) is 5.91 Å². The summed E-state index contributed by atoms with van der Waals surface area (Å²) < 4.78 is 6.84. The maximum atomic E-state index is 12.8. The van der Waals surface area contributed by atoms with Crippen LogP contribution >= 0.6 is 46.6 Å². The molecule has 154 valence electrons. The average molecular weight is 557 g/mol. The fourth-order valence-corrected chi connectivity index (χ4v) is 4.84. The lowest BCUT2D eigenvalue weighted by atomic mass is 10.2. The second-order valence-corrected chi connectivity index (χ2v) is 9.53. The highest BCUT2D eigenvalue weighted by molar-refractivity contribution is 14.1. The van der Waals surface area contributed by atoms with Crippen LogP contribution in [0.2, 0.25) is 0 Å². The summed E-state index contributed by atoms with van der Waals surface area (Å²) in [6, 6.07) is 24.1. The Balaban J connectivity index is 1.44. The molecular formula is C24H16INO3S2. The number of thioether (sulfide) groups is 1. The van der Waals surface area contributed by atoms with Crippen LogP contribution in [-0.4, -0.2) is 21.1 Å². The third-order valence-electron chi connectivity index (χ3n) is 4.54. The molecule has 3 aromatic carbocycles. The summed E-state index contributed by atoms with van der Waals surface area (Å²) in [4.78, 5) is 27.3. The van der Waals surface area contributed by atoms with Crippen molar-refractivity contribution in [3.8, 4) is 5.75 Å². The molecule has 1 aliphatic heterocycles. The van der Waals surface area contributed by atoms with Crippen LogP contribution in [0.15, 0.2) is 83.8 Å². The molecule has 1 fully saturated rings. The van der Waals surface area contributed by atoms with Gasteiger partial charge in [0.15, 0.2) is 0 Å². The third kappa shape index (κ3) is 5.23.